The topological polar surface area (TPSA) is 94.1 Å². The Morgan fingerprint density at radius 2 is 1.86 bits per heavy atom. The Labute approximate surface area is 169 Å². The predicted octanol–water partition coefficient (Wildman–Crippen LogP) is 3.03. The molecule has 0 saturated heterocycles. The maximum Gasteiger partial charge on any atom is 0.280 e. The molecule has 7 nitrogen and oxygen atoms in total. The van der Waals surface area contributed by atoms with Crippen LogP contribution in [-0.4, -0.2) is 33.4 Å². The van der Waals surface area contributed by atoms with Crippen molar-refractivity contribution in [2.45, 2.75) is 13.3 Å². The van der Waals surface area contributed by atoms with Crippen LogP contribution in [0.2, 0.25) is 5.02 Å². The molecular formula is C19H16ClF2N5O2. The lowest BCUT2D eigenvalue weighted by Crippen LogP contribution is -2.34. The Morgan fingerprint density at radius 1 is 1.17 bits per heavy atom. The van der Waals surface area contributed by atoms with Gasteiger partial charge in [0.1, 0.15) is 11.6 Å². The van der Waals surface area contributed by atoms with Gasteiger partial charge in [0.15, 0.2) is 5.69 Å². The molecule has 2 amide bonds. The maximum atomic E-state index is 13.4. The minimum absolute atomic E-state index is 0.0132. The number of anilines is 1. The normalized spacial score (nSPS) is 10.8. The second-order valence-corrected chi connectivity index (χ2v) is 6.59. The fraction of sp³-hybridized carbons (Fsp3) is 0.158. The van der Waals surface area contributed by atoms with Crippen LogP contribution in [0, 0.1) is 18.6 Å². The van der Waals surface area contributed by atoms with Crippen molar-refractivity contribution < 1.29 is 18.4 Å². The van der Waals surface area contributed by atoms with Crippen LogP contribution in [0.3, 0.4) is 0 Å². The summed E-state index contributed by atoms with van der Waals surface area (Å²) in [6.07, 6.45) is -0.0934. The number of hydrogen-bond donors (Lipinski definition) is 1. The number of carbonyl (C=O) groups excluding carboxylic acids is 2. The fourth-order valence-electron chi connectivity index (χ4n) is 2.71. The van der Waals surface area contributed by atoms with Crippen molar-refractivity contribution in [2.75, 3.05) is 11.4 Å². The number of nitrogens with two attached hydrogens (primary N) is 1. The Morgan fingerprint density at radius 3 is 2.48 bits per heavy atom. The summed E-state index contributed by atoms with van der Waals surface area (Å²) in [6, 6.07) is 9.20. The number of carbonyl (C=O) groups is 2. The van der Waals surface area contributed by atoms with E-state index >= 15 is 0 Å². The van der Waals surface area contributed by atoms with E-state index in [-0.39, 0.29) is 23.7 Å². The number of nitrogens with zero attached hydrogens (tertiary/aromatic N) is 4. The van der Waals surface area contributed by atoms with Gasteiger partial charge in [0.05, 0.1) is 16.4 Å². The molecule has 0 aliphatic carbocycles. The average Bonchev–Trinajstić information content (AvgIpc) is 3.06. The Bertz CT molecular complexity index is 1070. The molecule has 0 spiro atoms. The van der Waals surface area contributed by atoms with E-state index in [4.69, 9.17) is 17.3 Å². The van der Waals surface area contributed by atoms with Crippen LogP contribution >= 0.6 is 11.6 Å². The van der Waals surface area contributed by atoms with Crippen LogP contribution in [0.4, 0.5) is 14.5 Å². The molecule has 0 fully saturated rings. The van der Waals surface area contributed by atoms with Crippen molar-refractivity contribution in [3.8, 4) is 5.69 Å². The maximum absolute atomic E-state index is 13.4. The van der Waals surface area contributed by atoms with Gasteiger partial charge in [-0.1, -0.05) is 16.8 Å². The van der Waals surface area contributed by atoms with E-state index in [1.54, 1.807) is 6.92 Å². The summed E-state index contributed by atoms with van der Waals surface area (Å²) in [5.74, 6) is -2.19. The predicted molar refractivity (Wildman–Crippen MR) is 103 cm³/mol. The van der Waals surface area contributed by atoms with Crippen LogP contribution in [-0.2, 0) is 4.79 Å². The summed E-state index contributed by atoms with van der Waals surface area (Å²) in [7, 11) is 0. The van der Waals surface area contributed by atoms with Crippen LogP contribution in [0.15, 0.2) is 42.5 Å². The van der Waals surface area contributed by atoms with E-state index in [1.165, 1.54) is 52.0 Å². The number of rotatable bonds is 6. The van der Waals surface area contributed by atoms with Crippen LogP contribution in [0.1, 0.15) is 22.6 Å². The molecule has 0 radical (unpaired) electrons. The number of primary amides is 1. The van der Waals surface area contributed by atoms with Crippen LogP contribution in [0.5, 0.6) is 0 Å². The summed E-state index contributed by atoms with van der Waals surface area (Å²) >= 11 is 5.81. The third-order valence-corrected chi connectivity index (χ3v) is 4.50. The summed E-state index contributed by atoms with van der Waals surface area (Å²) in [5, 5.41) is 7.78. The zero-order valence-corrected chi connectivity index (χ0v) is 16.0. The standard InChI is InChI=1S/C19H16ClF2N5O2/c1-11-18(24-25-27(11)14-6-7-16(22)15(20)10-14)19(29)26(9-8-17(23)28)13-4-2-12(21)3-5-13/h2-7,10H,8-9H2,1H3,(H2,23,28). The smallest absolute Gasteiger partial charge is 0.280 e. The van der Waals surface area contributed by atoms with Crippen LogP contribution < -0.4 is 10.6 Å². The minimum Gasteiger partial charge on any atom is -0.370 e. The molecule has 0 bridgehead atoms. The van der Waals surface area contributed by atoms with E-state index in [0.717, 1.165) is 0 Å². The Kier molecular flexibility index (Phi) is 5.88. The molecule has 0 aliphatic rings. The first-order valence-corrected chi connectivity index (χ1v) is 8.89. The van der Waals surface area contributed by atoms with Crippen molar-refractivity contribution in [3.05, 3.63) is 70.5 Å². The second-order valence-electron chi connectivity index (χ2n) is 6.18. The molecule has 0 aliphatic heterocycles. The van der Waals surface area contributed by atoms with Gasteiger partial charge in [-0.15, -0.1) is 5.10 Å². The van der Waals surface area contributed by atoms with Crippen molar-refractivity contribution in [2.24, 2.45) is 5.73 Å². The fourth-order valence-corrected chi connectivity index (χ4v) is 2.88. The van der Waals surface area contributed by atoms with Crippen LogP contribution in [0.25, 0.3) is 5.69 Å². The summed E-state index contributed by atoms with van der Waals surface area (Å²) < 4.78 is 28.0. The quantitative estimate of drug-likeness (QED) is 0.664. The zero-order valence-electron chi connectivity index (χ0n) is 15.3. The average molecular weight is 420 g/mol. The zero-order chi connectivity index (χ0) is 21.1. The largest absolute Gasteiger partial charge is 0.370 e. The highest BCUT2D eigenvalue weighted by Crippen LogP contribution is 2.22. The molecule has 3 aromatic rings. The van der Waals surface area contributed by atoms with E-state index in [0.29, 0.717) is 17.1 Å². The number of aromatic nitrogens is 3. The molecule has 0 atom stereocenters. The van der Waals surface area contributed by atoms with Gasteiger partial charge in [-0.25, -0.2) is 13.5 Å². The summed E-state index contributed by atoms with van der Waals surface area (Å²) in [4.78, 5) is 25.6. The second kappa shape index (κ2) is 8.36. The van der Waals surface area contributed by atoms with Gasteiger partial charge in [0.2, 0.25) is 5.91 Å². The molecular weight excluding hydrogens is 404 g/mol. The first-order chi connectivity index (χ1) is 13.8. The molecule has 0 unspecified atom stereocenters. The van der Waals surface area contributed by atoms with Gasteiger partial charge in [-0.05, 0) is 49.4 Å². The molecule has 2 N–H and O–H groups in total. The van der Waals surface area contributed by atoms with E-state index in [2.05, 4.69) is 10.3 Å². The molecule has 3 rings (SSSR count). The molecule has 2 aromatic carbocycles. The van der Waals surface area contributed by atoms with E-state index in [9.17, 15) is 18.4 Å². The third kappa shape index (κ3) is 4.40. The lowest BCUT2D eigenvalue weighted by molar-refractivity contribution is -0.117. The molecule has 1 aromatic heterocycles. The molecule has 10 heteroatoms. The molecule has 29 heavy (non-hydrogen) atoms. The Balaban J connectivity index is 1.97. The molecule has 1 heterocycles. The van der Waals surface area contributed by atoms with Crippen molar-refractivity contribution in [3.63, 3.8) is 0 Å². The number of benzene rings is 2. The Hall–Kier alpha value is -3.33. The summed E-state index contributed by atoms with van der Waals surface area (Å²) in [5.41, 5.74) is 6.39. The highest BCUT2D eigenvalue weighted by atomic mass is 35.5. The van der Waals surface area contributed by atoms with E-state index < -0.39 is 23.4 Å². The van der Waals surface area contributed by atoms with Crippen molar-refractivity contribution >= 4 is 29.1 Å². The number of amides is 2. The van der Waals surface area contributed by atoms with Crippen molar-refractivity contribution in [1.82, 2.24) is 15.0 Å². The van der Waals surface area contributed by atoms with Gasteiger partial charge in [0, 0.05) is 18.7 Å². The number of hydrogen-bond acceptors (Lipinski definition) is 4. The lowest BCUT2D eigenvalue weighted by Gasteiger charge is -2.21. The highest BCUT2D eigenvalue weighted by Gasteiger charge is 2.25. The molecule has 150 valence electrons. The third-order valence-electron chi connectivity index (χ3n) is 4.21. The van der Waals surface area contributed by atoms with Crippen molar-refractivity contribution in [1.29, 1.82) is 0 Å². The van der Waals surface area contributed by atoms with E-state index in [1.807, 2.05) is 0 Å². The monoisotopic (exact) mass is 419 g/mol. The van der Waals surface area contributed by atoms with Gasteiger partial charge in [0.25, 0.3) is 5.91 Å². The first kappa shape index (κ1) is 20.4. The highest BCUT2D eigenvalue weighted by molar-refractivity contribution is 6.30. The lowest BCUT2D eigenvalue weighted by atomic mass is 10.2. The first-order valence-electron chi connectivity index (χ1n) is 8.51. The number of halogens is 3. The van der Waals surface area contributed by atoms with Gasteiger partial charge < -0.3 is 10.6 Å². The van der Waals surface area contributed by atoms with Gasteiger partial charge in [-0.3, -0.25) is 9.59 Å². The SMILES string of the molecule is Cc1c(C(=O)N(CCC(N)=O)c2ccc(F)cc2)nnn1-c1ccc(F)c(Cl)c1. The molecule has 0 saturated carbocycles. The minimum atomic E-state index is -0.591. The summed E-state index contributed by atoms with van der Waals surface area (Å²) in [6.45, 7) is 1.59. The van der Waals surface area contributed by atoms with Gasteiger partial charge >= 0.3 is 0 Å². The van der Waals surface area contributed by atoms with Gasteiger partial charge in [-0.2, -0.15) is 0 Å².